The highest BCUT2D eigenvalue weighted by Gasteiger charge is 2.10. The third-order valence-electron chi connectivity index (χ3n) is 2.44. The van der Waals surface area contributed by atoms with Gasteiger partial charge < -0.3 is 0 Å². The molecule has 0 aliphatic rings. The molecule has 6 nitrogen and oxygen atoms in total. The maximum Gasteiger partial charge on any atom is 0.229 e. The van der Waals surface area contributed by atoms with Crippen LogP contribution < -0.4 is 10.9 Å². The standard InChI is InChI=1S/C6H6O2.C5H8O2.C4H6O2.C4H8/c1-3-4(2)6(8)5(3)7;1-4(6)3-5(2)7;1-3(5)4(2)6;1-4(2)3/h1-2H3;3H2,1-2H3;1-2H3;1H2,2-3H3. The molecule has 0 fully saturated rings. The van der Waals surface area contributed by atoms with Crippen molar-refractivity contribution in [1.82, 2.24) is 0 Å². The molecule has 0 heterocycles. The van der Waals surface area contributed by atoms with Gasteiger partial charge in [0.05, 0.1) is 6.42 Å². The Kier molecular flexibility index (Phi) is 15.2. The number of Topliss-reactive ketones (excluding diaryl/α,β-unsaturated/α-hetero) is 4. The second-order valence-electron chi connectivity index (χ2n) is 5.81. The van der Waals surface area contributed by atoms with Crippen molar-refractivity contribution in [1.29, 1.82) is 0 Å². The molecular weight excluding hydrogens is 324 g/mol. The summed E-state index contributed by atoms with van der Waals surface area (Å²) in [5, 5.41) is 0. The van der Waals surface area contributed by atoms with Gasteiger partial charge in [0.15, 0.2) is 11.6 Å². The van der Waals surface area contributed by atoms with Crippen LogP contribution in [-0.4, -0.2) is 23.1 Å². The lowest BCUT2D eigenvalue weighted by molar-refractivity contribution is -0.134. The average Bonchev–Trinajstić information content (AvgIpc) is 2.44. The van der Waals surface area contributed by atoms with Crippen LogP contribution in [0.2, 0.25) is 0 Å². The van der Waals surface area contributed by atoms with Gasteiger partial charge in [-0.1, -0.05) is 5.57 Å². The van der Waals surface area contributed by atoms with Crippen LogP contribution in [0.15, 0.2) is 21.7 Å². The van der Waals surface area contributed by atoms with Gasteiger partial charge in [-0.2, -0.15) is 0 Å². The molecule has 0 N–H and O–H groups in total. The molecule has 0 bridgehead atoms. The van der Waals surface area contributed by atoms with Crippen molar-refractivity contribution >= 4 is 23.1 Å². The second-order valence-corrected chi connectivity index (χ2v) is 5.81. The summed E-state index contributed by atoms with van der Waals surface area (Å²) < 4.78 is 0. The van der Waals surface area contributed by atoms with Gasteiger partial charge in [-0.05, 0) is 41.5 Å². The first kappa shape index (κ1) is 27.4. The van der Waals surface area contributed by atoms with Crippen molar-refractivity contribution < 1.29 is 19.2 Å². The third kappa shape index (κ3) is 17.7. The van der Waals surface area contributed by atoms with Gasteiger partial charge in [0.2, 0.25) is 10.9 Å². The largest absolute Gasteiger partial charge is 0.300 e. The lowest BCUT2D eigenvalue weighted by Crippen LogP contribution is -2.36. The van der Waals surface area contributed by atoms with E-state index in [4.69, 9.17) is 0 Å². The zero-order valence-electron chi connectivity index (χ0n) is 16.4. The molecule has 0 saturated carbocycles. The van der Waals surface area contributed by atoms with Gasteiger partial charge in [0, 0.05) is 25.0 Å². The van der Waals surface area contributed by atoms with Crippen molar-refractivity contribution in [3.8, 4) is 0 Å². The second kappa shape index (κ2) is 13.9. The lowest BCUT2D eigenvalue weighted by Gasteiger charge is -1.95. The van der Waals surface area contributed by atoms with Gasteiger partial charge >= 0.3 is 0 Å². The van der Waals surface area contributed by atoms with Crippen molar-refractivity contribution in [3.05, 3.63) is 43.7 Å². The number of allylic oxidation sites excluding steroid dienone is 1. The Labute approximate surface area is 148 Å². The van der Waals surface area contributed by atoms with E-state index < -0.39 is 0 Å². The van der Waals surface area contributed by atoms with Crippen molar-refractivity contribution in [3.63, 3.8) is 0 Å². The van der Waals surface area contributed by atoms with E-state index in [0.717, 1.165) is 0 Å². The molecule has 0 unspecified atom stereocenters. The third-order valence-corrected chi connectivity index (χ3v) is 2.44. The lowest BCUT2D eigenvalue weighted by atomic mass is 10.1. The van der Waals surface area contributed by atoms with E-state index in [1.807, 2.05) is 13.8 Å². The summed E-state index contributed by atoms with van der Waals surface area (Å²) in [5.41, 5.74) is 1.77. The molecule has 1 rings (SSSR count). The molecule has 1 aromatic carbocycles. The Morgan fingerprint density at radius 1 is 0.680 bits per heavy atom. The maximum atomic E-state index is 10.4. The molecule has 6 heteroatoms. The Hall–Kier alpha value is -2.50. The predicted octanol–water partition coefficient (Wildman–Crippen LogP) is 2.20. The van der Waals surface area contributed by atoms with E-state index in [1.54, 1.807) is 13.8 Å². The number of hydrogen-bond acceptors (Lipinski definition) is 6. The van der Waals surface area contributed by atoms with E-state index >= 15 is 0 Å². The molecule has 0 aliphatic heterocycles. The van der Waals surface area contributed by atoms with E-state index in [1.165, 1.54) is 33.3 Å². The van der Waals surface area contributed by atoms with Crippen LogP contribution in [0.4, 0.5) is 0 Å². The minimum Gasteiger partial charge on any atom is -0.300 e. The van der Waals surface area contributed by atoms with Crippen LogP contribution in [0, 0.1) is 13.8 Å². The summed E-state index contributed by atoms with van der Waals surface area (Å²) in [5.74, 6) is -0.884. The van der Waals surface area contributed by atoms with Gasteiger partial charge in [-0.25, -0.2) is 0 Å². The van der Waals surface area contributed by atoms with Gasteiger partial charge in [0.25, 0.3) is 0 Å². The normalized spacial score (nSPS) is 8.48. The highest BCUT2D eigenvalue weighted by Crippen LogP contribution is 1.91. The molecule has 0 saturated heterocycles. The Morgan fingerprint density at radius 2 is 0.880 bits per heavy atom. The Balaban J connectivity index is -0.000000266. The van der Waals surface area contributed by atoms with Crippen LogP contribution in [-0.2, 0) is 19.2 Å². The topological polar surface area (TPSA) is 102 Å². The molecule has 0 atom stereocenters. The molecule has 0 aliphatic carbocycles. The summed E-state index contributed by atoms with van der Waals surface area (Å²) in [4.78, 5) is 60.4. The zero-order chi connectivity index (χ0) is 20.9. The summed E-state index contributed by atoms with van der Waals surface area (Å²) in [6.45, 7) is 16.1. The summed E-state index contributed by atoms with van der Waals surface area (Å²) in [7, 11) is 0. The minimum atomic E-state index is -0.380. The van der Waals surface area contributed by atoms with E-state index in [0.29, 0.717) is 11.1 Å². The number of carbonyl (C=O) groups excluding carboxylic acids is 4. The predicted molar refractivity (Wildman–Crippen MR) is 98.7 cm³/mol. The fourth-order valence-corrected chi connectivity index (χ4v) is 0.969. The van der Waals surface area contributed by atoms with Crippen LogP contribution in [0.3, 0.4) is 0 Å². The van der Waals surface area contributed by atoms with Crippen LogP contribution in [0.25, 0.3) is 0 Å². The fourth-order valence-electron chi connectivity index (χ4n) is 0.969. The number of rotatable bonds is 3. The maximum absolute atomic E-state index is 10.4. The van der Waals surface area contributed by atoms with E-state index in [9.17, 15) is 28.8 Å². The number of ketones is 4. The Bertz CT molecular complexity index is 642. The van der Waals surface area contributed by atoms with Crippen molar-refractivity contribution in [2.24, 2.45) is 0 Å². The first-order valence-electron chi connectivity index (χ1n) is 7.54. The van der Waals surface area contributed by atoms with Gasteiger partial charge in [0.1, 0.15) is 11.6 Å². The molecule has 0 radical (unpaired) electrons. The fraction of sp³-hybridized carbons (Fsp3) is 0.474. The van der Waals surface area contributed by atoms with Crippen molar-refractivity contribution in [2.75, 3.05) is 0 Å². The monoisotopic (exact) mass is 352 g/mol. The van der Waals surface area contributed by atoms with Gasteiger partial charge in [-0.3, -0.25) is 28.8 Å². The summed E-state index contributed by atoms with van der Waals surface area (Å²) in [6.07, 6.45) is 0.0833. The molecule has 25 heavy (non-hydrogen) atoms. The SMILES string of the molecule is C=C(C)C.CC(=O)C(C)=O.CC(=O)CC(C)=O.Cc1c(C)c(=O)c1=O. The highest BCUT2D eigenvalue weighted by molar-refractivity contribution is 6.35. The first-order chi connectivity index (χ1) is 11.1. The summed E-state index contributed by atoms with van der Waals surface area (Å²) >= 11 is 0. The number of carbonyl (C=O) groups is 4. The Morgan fingerprint density at radius 3 is 0.920 bits per heavy atom. The molecule has 1 aromatic rings. The van der Waals surface area contributed by atoms with Crippen LogP contribution >= 0.6 is 0 Å². The quantitative estimate of drug-likeness (QED) is 0.469. The van der Waals surface area contributed by atoms with Crippen LogP contribution in [0.1, 0.15) is 59.1 Å². The molecule has 0 aromatic heterocycles. The number of hydrogen-bond donors (Lipinski definition) is 0. The van der Waals surface area contributed by atoms with Gasteiger partial charge in [-0.15, -0.1) is 6.58 Å². The smallest absolute Gasteiger partial charge is 0.229 e. The molecule has 0 amide bonds. The van der Waals surface area contributed by atoms with Crippen molar-refractivity contribution in [2.45, 2.75) is 61.8 Å². The zero-order valence-corrected chi connectivity index (χ0v) is 16.4. The molecule has 0 spiro atoms. The molecule has 140 valence electrons. The first-order valence-corrected chi connectivity index (χ1v) is 7.54. The summed E-state index contributed by atoms with van der Waals surface area (Å²) in [6, 6.07) is 0. The minimum absolute atomic E-state index is 0.0625. The van der Waals surface area contributed by atoms with E-state index in [-0.39, 0.29) is 40.4 Å². The highest BCUT2D eigenvalue weighted by atomic mass is 16.2. The average molecular weight is 352 g/mol. The van der Waals surface area contributed by atoms with Crippen LogP contribution in [0.5, 0.6) is 0 Å². The molecular formula is C19H28O6. The van der Waals surface area contributed by atoms with E-state index in [2.05, 4.69) is 6.58 Å².